The van der Waals surface area contributed by atoms with Crippen molar-refractivity contribution < 1.29 is 0 Å². The van der Waals surface area contributed by atoms with Gasteiger partial charge in [-0.3, -0.25) is 0 Å². The number of fused-ring (bicyclic) bond motifs is 6. The van der Waals surface area contributed by atoms with E-state index in [2.05, 4.69) is 133 Å². The molecule has 0 radical (unpaired) electrons. The largest absolute Gasteiger partial charge is 0.208 e. The molecule has 0 amide bonds. The molecular formula is C39H23N3S2. The smallest absolute Gasteiger partial charge is 0.165 e. The van der Waals surface area contributed by atoms with Crippen molar-refractivity contribution in [3.63, 3.8) is 0 Å². The summed E-state index contributed by atoms with van der Waals surface area (Å²) in [4.78, 5) is 15.6. The first-order valence-corrected chi connectivity index (χ1v) is 16.2. The summed E-state index contributed by atoms with van der Waals surface area (Å²) in [6, 6.07) is 49.0. The van der Waals surface area contributed by atoms with Gasteiger partial charge in [-0.25, -0.2) is 15.0 Å². The Morgan fingerprint density at radius 3 is 1.80 bits per heavy atom. The normalized spacial score (nSPS) is 11.6. The maximum Gasteiger partial charge on any atom is 0.165 e. The summed E-state index contributed by atoms with van der Waals surface area (Å²) in [5.41, 5.74) is 5.29. The Labute approximate surface area is 261 Å². The summed E-state index contributed by atoms with van der Waals surface area (Å²) >= 11 is 3.60. The lowest BCUT2D eigenvalue weighted by Gasteiger charge is -2.11. The van der Waals surface area contributed by atoms with Gasteiger partial charge in [-0.05, 0) is 41.5 Å². The zero-order valence-corrected chi connectivity index (χ0v) is 25.1. The summed E-state index contributed by atoms with van der Waals surface area (Å²) in [6.45, 7) is 0. The second kappa shape index (κ2) is 10.2. The molecule has 0 spiro atoms. The van der Waals surface area contributed by atoms with Gasteiger partial charge >= 0.3 is 0 Å². The molecule has 0 bridgehead atoms. The molecule has 6 aromatic carbocycles. The summed E-state index contributed by atoms with van der Waals surface area (Å²) in [5.74, 6) is 2.03. The fourth-order valence-corrected chi connectivity index (χ4v) is 8.44. The van der Waals surface area contributed by atoms with Gasteiger partial charge < -0.3 is 0 Å². The number of hydrogen-bond donors (Lipinski definition) is 0. The number of nitrogens with zero attached hydrogens (tertiary/aromatic N) is 3. The molecular weight excluding hydrogens is 575 g/mol. The maximum atomic E-state index is 5.23. The van der Waals surface area contributed by atoms with Gasteiger partial charge in [-0.15, -0.1) is 22.7 Å². The molecule has 9 rings (SSSR count). The highest BCUT2D eigenvalue weighted by Crippen LogP contribution is 2.42. The van der Waals surface area contributed by atoms with E-state index in [-0.39, 0.29) is 0 Å². The summed E-state index contributed by atoms with van der Waals surface area (Å²) in [5, 5.41) is 4.90. The third-order valence-corrected chi connectivity index (χ3v) is 10.5. The Morgan fingerprint density at radius 1 is 0.364 bits per heavy atom. The van der Waals surface area contributed by atoms with Crippen LogP contribution in [0.15, 0.2) is 140 Å². The van der Waals surface area contributed by atoms with E-state index in [4.69, 9.17) is 15.0 Å². The van der Waals surface area contributed by atoms with Crippen molar-refractivity contribution in [2.24, 2.45) is 0 Å². The third kappa shape index (κ3) is 4.13. The van der Waals surface area contributed by atoms with Crippen LogP contribution in [0.4, 0.5) is 0 Å². The average molecular weight is 598 g/mol. The van der Waals surface area contributed by atoms with Crippen LogP contribution in [-0.2, 0) is 0 Å². The molecule has 0 aliphatic heterocycles. The van der Waals surface area contributed by atoms with E-state index in [1.54, 1.807) is 22.7 Å². The summed E-state index contributed by atoms with van der Waals surface area (Å²) < 4.78 is 4.93. The van der Waals surface area contributed by atoms with E-state index < -0.39 is 0 Å². The van der Waals surface area contributed by atoms with Crippen LogP contribution in [0.25, 0.3) is 85.6 Å². The molecule has 9 aromatic rings. The Morgan fingerprint density at radius 2 is 0.932 bits per heavy atom. The van der Waals surface area contributed by atoms with Crippen molar-refractivity contribution in [1.29, 1.82) is 0 Å². The average Bonchev–Trinajstić information content (AvgIpc) is 3.67. The Kier molecular flexibility index (Phi) is 5.86. The van der Waals surface area contributed by atoms with Crippen LogP contribution in [0.1, 0.15) is 0 Å². The van der Waals surface area contributed by atoms with Gasteiger partial charge in [0.25, 0.3) is 0 Å². The first kappa shape index (κ1) is 25.3. The van der Waals surface area contributed by atoms with E-state index in [9.17, 15) is 0 Å². The van der Waals surface area contributed by atoms with E-state index in [1.807, 2.05) is 6.07 Å². The van der Waals surface area contributed by atoms with E-state index >= 15 is 0 Å². The van der Waals surface area contributed by atoms with Crippen molar-refractivity contribution in [2.75, 3.05) is 0 Å². The van der Waals surface area contributed by atoms with Crippen molar-refractivity contribution >= 4 is 63.0 Å². The molecule has 0 saturated carbocycles. The van der Waals surface area contributed by atoms with E-state index in [0.717, 1.165) is 27.8 Å². The first-order valence-electron chi connectivity index (χ1n) is 14.5. The Bertz CT molecular complexity index is 2510. The topological polar surface area (TPSA) is 38.7 Å². The maximum absolute atomic E-state index is 5.23. The molecule has 0 fully saturated rings. The molecule has 0 atom stereocenters. The van der Waals surface area contributed by atoms with Crippen molar-refractivity contribution in [1.82, 2.24) is 15.0 Å². The molecule has 3 nitrogen and oxygen atoms in total. The standard InChI is InChI=1S/C39H23N3S2/c1-2-11-24(12-3-1)25-13-8-14-26(23-25)37-40-38(30-18-10-22-34-35(30)29-16-5-7-21-33(29)43-34)42-39(41-37)31-19-9-17-28-27-15-4-6-20-32(27)44-36(28)31/h1-23H. The highest BCUT2D eigenvalue weighted by molar-refractivity contribution is 7.26. The van der Waals surface area contributed by atoms with Crippen LogP contribution in [0.5, 0.6) is 0 Å². The zero-order valence-electron chi connectivity index (χ0n) is 23.4. The molecule has 0 saturated heterocycles. The predicted octanol–water partition coefficient (Wildman–Crippen LogP) is 11.3. The predicted molar refractivity (Wildman–Crippen MR) is 187 cm³/mol. The van der Waals surface area contributed by atoms with Crippen molar-refractivity contribution in [2.45, 2.75) is 0 Å². The van der Waals surface area contributed by atoms with Gasteiger partial charge in [0, 0.05) is 57.0 Å². The fourth-order valence-electron chi connectivity index (χ4n) is 6.10. The van der Waals surface area contributed by atoms with Crippen LogP contribution in [0.3, 0.4) is 0 Å². The van der Waals surface area contributed by atoms with Crippen molar-refractivity contribution in [3.8, 4) is 45.3 Å². The highest BCUT2D eigenvalue weighted by Gasteiger charge is 2.19. The van der Waals surface area contributed by atoms with Gasteiger partial charge in [-0.1, -0.05) is 109 Å². The fraction of sp³-hybridized carbons (Fsp3) is 0. The second-order valence-electron chi connectivity index (χ2n) is 10.8. The highest BCUT2D eigenvalue weighted by atomic mass is 32.1. The molecule has 3 aromatic heterocycles. The summed E-state index contributed by atoms with van der Waals surface area (Å²) in [7, 11) is 0. The van der Waals surface area contributed by atoms with E-state index in [1.165, 1.54) is 40.3 Å². The van der Waals surface area contributed by atoms with Crippen molar-refractivity contribution in [3.05, 3.63) is 140 Å². The Hall–Kier alpha value is -5.23. The van der Waals surface area contributed by atoms with Crippen LogP contribution >= 0.6 is 22.7 Å². The quantitative estimate of drug-likeness (QED) is 0.203. The lowest BCUT2D eigenvalue weighted by Crippen LogP contribution is -2.00. The van der Waals surface area contributed by atoms with Gasteiger partial charge in [0.2, 0.25) is 0 Å². The van der Waals surface area contributed by atoms with E-state index in [0.29, 0.717) is 17.5 Å². The number of hydrogen-bond acceptors (Lipinski definition) is 5. The minimum atomic E-state index is 0.664. The minimum absolute atomic E-state index is 0.664. The minimum Gasteiger partial charge on any atom is -0.208 e. The summed E-state index contributed by atoms with van der Waals surface area (Å²) in [6.07, 6.45) is 0. The number of benzene rings is 6. The second-order valence-corrected chi connectivity index (χ2v) is 12.9. The lowest BCUT2D eigenvalue weighted by molar-refractivity contribution is 1.08. The molecule has 0 aliphatic rings. The van der Waals surface area contributed by atoms with Gasteiger partial charge in [-0.2, -0.15) is 0 Å². The lowest BCUT2D eigenvalue weighted by atomic mass is 10.0. The molecule has 5 heteroatoms. The zero-order chi connectivity index (χ0) is 29.0. The van der Waals surface area contributed by atoms with Gasteiger partial charge in [0.05, 0.1) is 0 Å². The molecule has 0 aliphatic carbocycles. The molecule has 3 heterocycles. The van der Waals surface area contributed by atoms with Crippen LogP contribution in [0.2, 0.25) is 0 Å². The number of rotatable bonds is 4. The third-order valence-electron chi connectivity index (χ3n) is 8.15. The van der Waals surface area contributed by atoms with Gasteiger partial charge in [0.1, 0.15) is 0 Å². The monoisotopic (exact) mass is 597 g/mol. The van der Waals surface area contributed by atoms with Crippen LogP contribution in [-0.4, -0.2) is 15.0 Å². The first-order chi connectivity index (χ1) is 21.8. The molecule has 0 unspecified atom stereocenters. The Balaban J connectivity index is 1.32. The number of thiophene rings is 2. The molecule has 206 valence electrons. The molecule has 0 N–H and O–H groups in total. The molecule has 44 heavy (non-hydrogen) atoms. The SMILES string of the molecule is c1ccc(-c2cccc(-c3nc(-c4cccc5c4sc4ccccc45)nc(-c4cccc5sc6ccccc6c45)n3)c2)cc1. The number of aromatic nitrogens is 3. The van der Waals surface area contributed by atoms with Gasteiger partial charge in [0.15, 0.2) is 17.5 Å². The van der Waals surface area contributed by atoms with Crippen LogP contribution < -0.4 is 0 Å². The van der Waals surface area contributed by atoms with Crippen LogP contribution in [0, 0.1) is 0 Å².